The van der Waals surface area contributed by atoms with Crippen LogP contribution in [-0.2, 0) is 0 Å². The monoisotopic (exact) mass is 224 g/mol. The smallest absolute Gasteiger partial charge is 0.109 e. The lowest BCUT2D eigenvalue weighted by Gasteiger charge is -2.06. The summed E-state index contributed by atoms with van der Waals surface area (Å²) in [5.41, 5.74) is 0. The van der Waals surface area contributed by atoms with Crippen LogP contribution in [-0.4, -0.2) is 11.5 Å². The molecule has 0 saturated carbocycles. The van der Waals surface area contributed by atoms with Crippen molar-refractivity contribution in [1.29, 1.82) is 10.5 Å². The summed E-state index contributed by atoms with van der Waals surface area (Å²) in [7, 11) is 0. The Morgan fingerprint density at radius 3 is 1.57 bits per heavy atom. The summed E-state index contributed by atoms with van der Waals surface area (Å²) >= 11 is 3.06. The molecule has 0 fully saturated rings. The van der Waals surface area contributed by atoms with E-state index in [1.54, 1.807) is 0 Å². The van der Waals surface area contributed by atoms with Crippen molar-refractivity contribution in [2.45, 2.75) is 25.7 Å². The van der Waals surface area contributed by atoms with Crippen molar-refractivity contribution in [1.82, 2.24) is 0 Å². The lowest BCUT2D eigenvalue weighted by Crippen LogP contribution is -1.90. The van der Waals surface area contributed by atoms with Gasteiger partial charge in [0.2, 0.25) is 0 Å². The van der Waals surface area contributed by atoms with Gasteiger partial charge in [0, 0.05) is 0 Å². The van der Waals surface area contributed by atoms with E-state index in [2.05, 4.69) is 12.1 Å². The first-order valence-corrected chi connectivity index (χ1v) is 6.65. The predicted molar refractivity (Wildman–Crippen MR) is 61.6 cm³/mol. The molecule has 14 heavy (non-hydrogen) atoms. The molecular weight excluding hydrogens is 212 g/mol. The van der Waals surface area contributed by atoms with Gasteiger partial charge >= 0.3 is 0 Å². The van der Waals surface area contributed by atoms with Crippen LogP contribution in [0.15, 0.2) is 9.81 Å². The van der Waals surface area contributed by atoms with Crippen LogP contribution in [0.2, 0.25) is 0 Å². The maximum atomic E-state index is 8.88. The molecule has 0 aromatic heterocycles. The molecule has 0 atom stereocenters. The Hall–Kier alpha value is -0.580. The zero-order valence-corrected chi connectivity index (χ0v) is 9.59. The zero-order chi connectivity index (χ0) is 10.2. The van der Waals surface area contributed by atoms with Crippen LogP contribution in [0, 0.1) is 22.7 Å². The standard InChI is InChI=1S/C10H12N2S2/c11-7-9-10(8-12)14-6-4-2-1-3-5-13-9/h1-6H2/b10-9-. The molecule has 74 valence electrons. The summed E-state index contributed by atoms with van der Waals surface area (Å²) in [6.07, 6.45) is 4.79. The van der Waals surface area contributed by atoms with Gasteiger partial charge in [-0.1, -0.05) is 12.8 Å². The van der Waals surface area contributed by atoms with E-state index in [1.807, 2.05) is 0 Å². The maximum Gasteiger partial charge on any atom is 0.109 e. The van der Waals surface area contributed by atoms with E-state index in [9.17, 15) is 0 Å². The molecule has 1 heterocycles. The number of thioether (sulfide) groups is 2. The van der Waals surface area contributed by atoms with Crippen LogP contribution in [0.4, 0.5) is 0 Å². The molecule has 0 aliphatic carbocycles. The lowest BCUT2D eigenvalue weighted by atomic mass is 10.2. The molecule has 0 radical (unpaired) electrons. The Labute approximate surface area is 93.4 Å². The summed E-state index contributed by atoms with van der Waals surface area (Å²) in [6, 6.07) is 4.24. The molecule has 1 rings (SSSR count). The van der Waals surface area contributed by atoms with E-state index >= 15 is 0 Å². The van der Waals surface area contributed by atoms with Crippen molar-refractivity contribution in [3.05, 3.63) is 9.81 Å². The van der Waals surface area contributed by atoms with Gasteiger partial charge in [-0.3, -0.25) is 0 Å². The Morgan fingerprint density at radius 2 is 1.21 bits per heavy atom. The Bertz CT molecular complexity index is 266. The molecule has 0 aromatic rings. The number of nitriles is 2. The van der Waals surface area contributed by atoms with Crippen LogP contribution < -0.4 is 0 Å². The first-order valence-electron chi connectivity index (χ1n) is 4.68. The predicted octanol–water partition coefficient (Wildman–Crippen LogP) is 3.29. The minimum absolute atomic E-state index is 0.611. The number of allylic oxidation sites excluding steroid dienone is 2. The van der Waals surface area contributed by atoms with Crippen molar-refractivity contribution in [3.8, 4) is 12.1 Å². The maximum absolute atomic E-state index is 8.88. The Balaban J connectivity index is 2.71. The first kappa shape index (κ1) is 11.5. The second kappa shape index (κ2) is 6.81. The molecule has 4 heteroatoms. The van der Waals surface area contributed by atoms with Crippen molar-refractivity contribution < 1.29 is 0 Å². The van der Waals surface area contributed by atoms with Crippen LogP contribution >= 0.6 is 23.5 Å². The van der Waals surface area contributed by atoms with Crippen LogP contribution in [0.5, 0.6) is 0 Å². The summed E-state index contributed by atoms with van der Waals surface area (Å²) in [5.74, 6) is 1.93. The minimum atomic E-state index is 0.611. The Morgan fingerprint density at radius 1 is 0.786 bits per heavy atom. The van der Waals surface area contributed by atoms with Crippen molar-refractivity contribution in [3.63, 3.8) is 0 Å². The lowest BCUT2D eigenvalue weighted by molar-refractivity contribution is 0.711. The molecule has 0 saturated heterocycles. The molecule has 1 aliphatic heterocycles. The van der Waals surface area contributed by atoms with Crippen molar-refractivity contribution in [2.75, 3.05) is 11.5 Å². The highest BCUT2D eigenvalue weighted by molar-refractivity contribution is 8.07. The third-order valence-corrected chi connectivity index (χ3v) is 4.22. The molecule has 0 amide bonds. The average molecular weight is 224 g/mol. The van der Waals surface area contributed by atoms with Gasteiger partial charge in [0.25, 0.3) is 0 Å². The van der Waals surface area contributed by atoms with Gasteiger partial charge in [-0.2, -0.15) is 10.5 Å². The van der Waals surface area contributed by atoms with Crippen LogP contribution in [0.3, 0.4) is 0 Å². The van der Waals surface area contributed by atoms with E-state index < -0.39 is 0 Å². The highest BCUT2D eigenvalue weighted by Gasteiger charge is 2.09. The summed E-state index contributed by atoms with van der Waals surface area (Å²) < 4.78 is 0. The fourth-order valence-corrected chi connectivity index (χ4v) is 3.14. The molecule has 0 N–H and O–H groups in total. The number of hydrogen-bond acceptors (Lipinski definition) is 4. The quantitative estimate of drug-likeness (QED) is 0.633. The van der Waals surface area contributed by atoms with Gasteiger partial charge in [0.05, 0.1) is 0 Å². The number of rotatable bonds is 0. The van der Waals surface area contributed by atoms with E-state index in [1.165, 1.54) is 36.4 Å². The SMILES string of the molecule is N#C/C1=C(\C#N)SCCCCCCS1. The molecule has 0 spiro atoms. The molecular formula is C10H12N2S2. The van der Waals surface area contributed by atoms with Gasteiger partial charge in [-0.15, -0.1) is 23.5 Å². The van der Waals surface area contributed by atoms with Crippen LogP contribution in [0.1, 0.15) is 25.7 Å². The van der Waals surface area contributed by atoms with E-state index in [0.717, 1.165) is 24.3 Å². The van der Waals surface area contributed by atoms with Gasteiger partial charge in [0.15, 0.2) is 0 Å². The fourth-order valence-electron chi connectivity index (χ4n) is 1.20. The molecule has 0 aromatic carbocycles. The fraction of sp³-hybridized carbons (Fsp3) is 0.600. The van der Waals surface area contributed by atoms with Gasteiger partial charge in [-0.25, -0.2) is 0 Å². The van der Waals surface area contributed by atoms with E-state index in [4.69, 9.17) is 10.5 Å². The van der Waals surface area contributed by atoms with Crippen molar-refractivity contribution in [2.24, 2.45) is 0 Å². The average Bonchev–Trinajstić information content (AvgIpc) is 2.24. The first-order chi connectivity index (χ1) is 6.88. The third kappa shape index (κ3) is 3.65. The third-order valence-electron chi connectivity index (χ3n) is 1.94. The number of hydrogen-bond donors (Lipinski definition) is 0. The topological polar surface area (TPSA) is 47.6 Å². The molecule has 2 nitrogen and oxygen atoms in total. The number of nitrogens with zero attached hydrogens (tertiary/aromatic N) is 2. The second-order valence-corrected chi connectivity index (χ2v) is 5.20. The highest BCUT2D eigenvalue weighted by Crippen LogP contribution is 2.29. The summed E-state index contributed by atoms with van der Waals surface area (Å²) in [5, 5.41) is 17.8. The van der Waals surface area contributed by atoms with Gasteiger partial charge < -0.3 is 0 Å². The Kier molecular flexibility index (Phi) is 5.59. The summed E-state index contributed by atoms with van der Waals surface area (Å²) in [4.78, 5) is 1.22. The summed E-state index contributed by atoms with van der Waals surface area (Å²) in [6.45, 7) is 0. The minimum Gasteiger partial charge on any atom is -0.192 e. The van der Waals surface area contributed by atoms with Gasteiger partial charge in [-0.05, 0) is 24.3 Å². The highest BCUT2D eigenvalue weighted by atomic mass is 32.2. The van der Waals surface area contributed by atoms with Crippen molar-refractivity contribution >= 4 is 23.5 Å². The normalized spacial score (nSPS) is 24.7. The second-order valence-electron chi connectivity index (χ2n) is 2.99. The zero-order valence-electron chi connectivity index (χ0n) is 7.95. The molecule has 1 aliphatic rings. The molecule has 0 unspecified atom stereocenters. The van der Waals surface area contributed by atoms with Crippen LogP contribution in [0.25, 0.3) is 0 Å². The largest absolute Gasteiger partial charge is 0.192 e. The molecule has 0 bridgehead atoms. The van der Waals surface area contributed by atoms with E-state index in [-0.39, 0.29) is 0 Å². The van der Waals surface area contributed by atoms with Gasteiger partial charge in [0.1, 0.15) is 21.9 Å². The van der Waals surface area contributed by atoms with E-state index in [0.29, 0.717) is 9.81 Å².